The maximum absolute atomic E-state index is 12.5. The normalized spacial score (nSPS) is 24.7. The monoisotopic (exact) mass is 131 g/mol. The fraction of sp³-hybridized carbons (Fsp3) is 1.00. The first-order valence-corrected chi connectivity index (χ1v) is 3.69. The van der Waals surface area contributed by atoms with Crippen LogP contribution in [-0.2, 0) is 0 Å². The van der Waals surface area contributed by atoms with Crippen molar-refractivity contribution < 1.29 is 4.39 Å². The summed E-state index contributed by atoms with van der Waals surface area (Å²) in [5.41, 5.74) is 0. The van der Waals surface area contributed by atoms with Gasteiger partial charge in [-0.25, -0.2) is 4.39 Å². The van der Waals surface area contributed by atoms with Crippen LogP contribution in [0, 0.1) is 0 Å². The Morgan fingerprint density at radius 3 is 2.44 bits per heavy atom. The predicted octanol–water partition coefficient (Wildman–Crippen LogP) is 1.44. The van der Waals surface area contributed by atoms with Crippen LogP contribution < -0.4 is 0 Å². The number of alkyl halides is 1. The highest BCUT2D eigenvalue weighted by molar-refractivity contribution is 4.69. The van der Waals surface area contributed by atoms with Gasteiger partial charge in [-0.3, -0.25) is 0 Å². The van der Waals surface area contributed by atoms with Crippen LogP contribution in [-0.4, -0.2) is 30.7 Å². The van der Waals surface area contributed by atoms with Crippen LogP contribution in [0.3, 0.4) is 0 Å². The maximum atomic E-state index is 12.5. The van der Waals surface area contributed by atoms with Crippen LogP contribution in [0.2, 0.25) is 0 Å². The van der Waals surface area contributed by atoms with E-state index in [0.717, 1.165) is 32.5 Å². The Hall–Kier alpha value is -0.110. The summed E-state index contributed by atoms with van der Waals surface area (Å²) in [6.45, 7) is 5.11. The average Bonchev–Trinajstić information content (AvgIpc) is 1.90. The number of hydrogen-bond acceptors (Lipinski definition) is 1. The van der Waals surface area contributed by atoms with E-state index < -0.39 is 6.17 Å². The molecule has 0 N–H and O–H groups in total. The molecule has 1 nitrogen and oxygen atoms in total. The van der Waals surface area contributed by atoms with E-state index in [9.17, 15) is 4.39 Å². The molecule has 54 valence electrons. The van der Waals surface area contributed by atoms with E-state index in [1.54, 1.807) is 0 Å². The van der Waals surface area contributed by atoms with Crippen molar-refractivity contribution in [3.05, 3.63) is 0 Å². The second-order valence-corrected chi connectivity index (χ2v) is 2.61. The summed E-state index contributed by atoms with van der Waals surface area (Å²) in [5, 5.41) is 0. The second kappa shape index (κ2) is 3.16. The molecule has 1 fully saturated rings. The molecule has 1 saturated heterocycles. The molecular formula is C7H14FN. The Labute approximate surface area is 55.8 Å². The highest BCUT2D eigenvalue weighted by atomic mass is 19.1. The van der Waals surface area contributed by atoms with Crippen molar-refractivity contribution in [1.29, 1.82) is 0 Å². The lowest BCUT2D eigenvalue weighted by atomic mass is 10.1. The van der Waals surface area contributed by atoms with E-state index in [0.29, 0.717) is 0 Å². The molecule has 1 heterocycles. The van der Waals surface area contributed by atoms with Crippen LogP contribution >= 0.6 is 0 Å². The highest BCUT2D eigenvalue weighted by Crippen LogP contribution is 2.11. The Morgan fingerprint density at radius 1 is 1.44 bits per heavy atom. The molecule has 2 heteroatoms. The van der Waals surface area contributed by atoms with E-state index >= 15 is 0 Å². The van der Waals surface area contributed by atoms with Crippen molar-refractivity contribution in [2.75, 3.05) is 19.6 Å². The molecule has 1 aliphatic rings. The molecule has 1 aliphatic heterocycles. The zero-order valence-corrected chi connectivity index (χ0v) is 5.94. The van der Waals surface area contributed by atoms with Gasteiger partial charge in [-0.05, 0) is 19.4 Å². The number of piperidine rings is 1. The van der Waals surface area contributed by atoms with Crippen LogP contribution in [0.5, 0.6) is 0 Å². The van der Waals surface area contributed by atoms with Crippen molar-refractivity contribution in [1.82, 2.24) is 4.90 Å². The van der Waals surface area contributed by atoms with Crippen molar-refractivity contribution in [2.24, 2.45) is 0 Å². The Balaban J connectivity index is 2.18. The van der Waals surface area contributed by atoms with Crippen LogP contribution in [0.25, 0.3) is 0 Å². The van der Waals surface area contributed by atoms with Crippen LogP contribution in [0.4, 0.5) is 4.39 Å². The first-order valence-electron chi connectivity index (χ1n) is 3.69. The summed E-state index contributed by atoms with van der Waals surface area (Å²) in [6.07, 6.45) is 0.967. The summed E-state index contributed by atoms with van der Waals surface area (Å²) < 4.78 is 12.5. The molecule has 0 aromatic carbocycles. The summed E-state index contributed by atoms with van der Waals surface area (Å²) in [7, 11) is 0. The minimum Gasteiger partial charge on any atom is -0.303 e. The number of nitrogens with zero attached hydrogens (tertiary/aromatic N) is 1. The van der Waals surface area contributed by atoms with E-state index in [2.05, 4.69) is 11.8 Å². The van der Waals surface area contributed by atoms with Gasteiger partial charge in [0.25, 0.3) is 0 Å². The largest absolute Gasteiger partial charge is 0.303 e. The molecule has 0 aliphatic carbocycles. The van der Waals surface area contributed by atoms with Gasteiger partial charge in [-0.15, -0.1) is 0 Å². The lowest BCUT2D eigenvalue weighted by molar-refractivity contribution is 0.156. The first kappa shape index (κ1) is 7.00. The SMILES string of the molecule is CCN1CCC(F)CC1. The Bertz CT molecular complexity index is 77.0. The van der Waals surface area contributed by atoms with Gasteiger partial charge in [0.2, 0.25) is 0 Å². The average molecular weight is 131 g/mol. The minimum atomic E-state index is -0.521. The number of rotatable bonds is 1. The molecule has 0 aromatic rings. The van der Waals surface area contributed by atoms with E-state index in [1.165, 1.54) is 0 Å². The van der Waals surface area contributed by atoms with Gasteiger partial charge in [0, 0.05) is 13.1 Å². The number of likely N-dealkylation sites (tertiary alicyclic amines) is 1. The molecule has 0 radical (unpaired) electrons. The fourth-order valence-electron chi connectivity index (χ4n) is 1.22. The summed E-state index contributed by atoms with van der Waals surface area (Å²) >= 11 is 0. The third-order valence-corrected chi connectivity index (χ3v) is 1.96. The molecule has 0 aromatic heterocycles. The molecule has 0 bridgehead atoms. The summed E-state index contributed by atoms with van der Waals surface area (Å²) in [6, 6.07) is 0. The highest BCUT2D eigenvalue weighted by Gasteiger charge is 2.15. The van der Waals surface area contributed by atoms with Crippen molar-refractivity contribution in [2.45, 2.75) is 25.9 Å². The molecule has 0 amide bonds. The molecule has 9 heavy (non-hydrogen) atoms. The maximum Gasteiger partial charge on any atom is 0.103 e. The topological polar surface area (TPSA) is 3.24 Å². The summed E-state index contributed by atoms with van der Waals surface area (Å²) in [5.74, 6) is 0. The van der Waals surface area contributed by atoms with Gasteiger partial charge in [-0.2, -0.15) is 0 Å². The molecule has 0 saturated carbocycles. The smallest absolute Gasteiger partial charge is 0.103 e. The lowest BCUT2D eigenvalue weighted by Crippen LogP contribution is -2.33. The number of halogens is 1. The van der Waals surface area contributed by atoms with E-state index in [1.807, 2.05) is 0 Å². The molecule has 0 unspecified atom stereocenters. The van der Waals surface area contributed by atoms with Gasteiger partial charge in [0.15, 0.2) is 0 Å². The van der Waals surface area contributed by atoms with Crippen molar-refractivity contribution in [3.8, 4) is 0 Å². The standard InChI is InChI=1S/C7H14FN/c1-2-9-5-3-7(8)4-6-9/h7H,2-6H2,1H3. The first-order chi connectivity index (χ1) is 4.33. The predicted molar refractivity (Wildman–Crippen MR) is 36.2 cm³/mol. The van der Waals surface area contributed by atoms with Crippen LogP contribution in [0.15, 0.2) is 0 Å². The fourth-order valence-corrected chi connectivity index (χ4v) is 1.22. The van der Waals surface area contributed by atoms with E-state index in [4.69, 9.17) is 0 Å². The molecule has 0 spiro atoms. The molecule has 1 rings (SSSR count). The Morgan fingerprint density at radius 2 is 2.00 bits per heavy atom. The quantitative estimate of drug-likeness (QED) is 0.520. The minimum absolute atomic E-state index is 0.521. The van der Waals surface area contributed by atoms with Crippen molar-refractivity contribution in [3.63, 3.8) is 0 Å². The van der Waals surface area contributed by atoms with Crippen LogP contribution in [0.1, 0.15) is 19.8 Å². The third-order valence-electron chi connectivity index (χ3n) is 1.96. The van der Waals surface area contributed by atoms with Gasteiger partial charge >= 0.3 is 0 Å². The van der Waals surface area contributed by atoms with Gasteiger partial charge in [0.05, 0.1) is 0 Å². The summed E-state index contributed by atoms with van der Waals surface area (Å²) in [4.78, 5) is 2.29. The van der Waals surface area contributed by atoms with Gasteiger partial charge < -0.3 is 4.90 Å². The molecule has 0 atom stereocenters. The van der Waals surface area contributed by atoms with Gasteiger partial charge in [-0.1, -0.05) is 6.92 Å². The molecular weight excluding hydrogens is 117 g/mol. The second-order valence-electron chi connectivity index (χ2n) is 2.61. The zero-order chi connectivity index (χ0) is 6.69. The van der Waals surface area contributed by atoms with E-state index in [-0.39, 0.29) is 0 Å². The number of hydrogen-bond donors (Lipinski definition) is 0. The van der Waals surface area contributed by atoms with Gasteiger partial charge in [0.1, 0.15) is 6.17 Å². The van der Waals surface area contributed by atoms with Crippen molar-refractivity contribution >= 4 is 0 Å². The lowest BCUT2D eigenvalue weighted by Gasteiger charge is -2.26. The third kappa shape index (κ3) is 1.94. The Kier molecular flexibility index (Phi) is 2.46. The zero-order valence-electron chi connectivity index (χ0n) is 5.94.